The normalized spacial score (nSPS) is 13.2. The number of thioether (sulfide) groups is 1. The summed E-state index contributed by atoms with van der Waals surface area (Å²) in [5.74, 6) is 0.653. The average Bonchev–Trinajstić information content (AvgIpc) is 2.50. The van der Waals surface area contributed by atoms with Gasteiger partial charge in [-0.05, 0) is 36.9 Å². The molecule has 1 rings (SSSR count). The third-order valence-corrected chi connectivity index (χ3v) is 4.15. The Kier molecular flexibility index (Phi) is 7.25. The van der Waals surface area contributed by atoms with Gasteiger partial charge in [0.25, 0.3) is 0 Å². The van der Waals surface area contributed by atoms with Crippen LogP contribution in [0.2, 0.25) is 0 Å². The lowest BCUT2D eigenvalue weighted by Crippen LogP contribution is -2.19. The summed E-state index contributed by atoms with van der Waals surface area (Å²) in [5.41, 5.74) is 7.33. The smallest absolute Gasteiger partial charge is 0.173 e. The van der Waals surface area contributed by atoms with Crippen LogP contribution >= 0.6 is 11.8 Å². The van der Waals surface area contributed by atoms with Crippen molar-refractivity contribution in [2.24, 2.45) is 10.9 Å². The number of ether oxygens (including phenoxy) is 1. The van der Waals surface area contributed by atoms with Crippen LogP contribution < -0.4 is 15.8 Å². The van der Waals surface area contributed by atoms with Crippen LogP contribution in [-0.2, 0) is 6.54 Å². The van der Waals surface area contributed by atoms with Crippen molar-refractivity contribution >= 4 is 17.6 Å². The quantitative estimate of drug-likeness (QED) is 0.225. The number of hydrogen-bond acceptors (Lipinski definition) is 5. The molecule has 6 heteroatoms. The van der Waals surface area contributed by atoms with Gasteiger partial charge in [0.2, 0.25) is 0 Å². The molecule has 0 bridgehead atoms. The molecule has 0 heterocycles. The molecule has 1 unspecified atom stereocenters. The number of methoxy groups -OCH3 is 1. The van der Waals surface area contributed by atoms with E-state index >= 15 is 0 Å². The lowest BCUT2D eigenvalue weighted by atomic mass is 10.1. The van der Waals surface area contributed by atoms with Gasteiger partial charge >= 0.3 is 0 Å². The third-order valence-electron chi connectivity index (χ3n) is 3.11. The Labute approximate surface area is 124 Å². The predicted octanol–water partition coefficient (Wildman–Crippen LogP) is 2.02. The first kappa shape index (κ1) is 16.7. The fraction of sp³-hybridized carbons (Fsp3) is 0.500. The monoisotopic (exact) mass is 297 g/mol. The molecule has 0 saturated carbocycles. The maximum Gasteiger partial charge on any atom is 0.173 e. The molecule has 0 amide bonds. The summed E-state index contributed by atoms with van der Waals surface area (Å²) in [6.07, 6.45) is 3.25. The van der Waals surface area contributed by atoms with Crippen molar-refractivity contribution in [3.63, 3.8) is 0 Å². The number of nitrogens with zero attached hydrogens (tertiary/aromatic N) is 1. The van der Waals surface area contributed by atoms with Crippen molar-refractivity contribution < 1.29 is 9.94 Å². The van der Waals surface area contributed by atoms with E-state index in [1.54, 1.807) is 7.11 Å². The summed E-state index contributed by atoms with van der Waals surface area (Å²) < 4.78 is 5.20. The molecule has 0 spiro atoms. The molecule has 1 atom stereocenters. The molecule has 0 aromatic heterocycles. The maximum atomic E-state index is 8.79. The highest BCUT2D eigenvalue weighted by Gasteiger charge is 2.09. The molecule has 1 aromatic carbocycles. The fourth-order valence-corrected chi connectivity index (χ4v) is 2.13. The van der Waals surface area contributed by atoms with Crippen LogP contribution in [0, 0.1) is 0 Å². The second-order valence-electron chi connectivity index (χ2n) is 4.53. The Morgan fingerprint density at radius 1 is 1.55 bits per heavy atom. The number of nitrogens with two attached hydrogens (primary N) is 1. The lowest BCUT2D eigenvalue weighted by Gasteiger charge is -2.11. The minimum absolute atomic E-state index is 0.0553. The summed E-state index contributed by atoms with van der Waals surface area (Å²) in [7, 11) is 1.56. The molecule has 4 N–H and O–H groups in total. The van der Waals surface area contributed by atoms with Crippen LogP contribution in [0.15, 0.2) is 23.4 Å². The number of nitrogens with one attached hydrogen (secondary N) is 1. The fourth-order valence-electron chi connectivity index (χ4n) is 1.78. The molecule has 0 saturated heterocycles. The largest absolute Gasteiger partial charge is 0.496 e. The van der Waals surface area contributed by atoms with E-state index in [4.69, 9.17) is 15.7 Å². The highest BCUT2D eigenvalue weighted by molar-refractivity contribution is 7.99. The zero-order valence-electron chi connectivity index (χ0n) is 12.2. The van der Waals surface area contributed by atoms with Gasteiger partial charge in [0.05, 0.1) is 12.7 Å². The van der Waals surface area contributed by atoms with Crippen LogP contribution in [0.5, 0.6) is 5.75 Å². The molecule has 5 nitrogen and oxygen atoms in total. The van der Waals surface area contributed by atoms with Crippen LogP contribution in [0.25, 0.3) is 0 Å². The van der Waals surface area contributed by atoms with Crippen molar-refractivity contribution in [2.75, 3.05) is 19.9 Å². The van der Waals surface area contributed by atoms with E-state index in [0.717, 1.165) is 25.1 Å². The number of amidine groups is 1. The highest BCUT2D eigenvalue weighted by atomic mass is 32.2. The summed E-state index contributed by atoms with van der Waals surface area (Å²) >= 11 is 1.87. The molecule has 1 aromatic rings. The Morgan fingerprint density at radius 2 is 2.30 bits per heavy atom. The molecule has 0 fully saturated rings. The van der Waals surface area contributed by atoms with Crippen molar-refractivity contribution in [1.29, 1.82) is 0 Å². The SMILES string of the molecule is COc1ccc(CNCCC(C)SC)cc1/C(N)=N/O. The van der Waals surface area contributed by atoms with Crippen LogP contribution in [0.3, 0.4) is 0 Å². The van der Waals surface area contributed by atoms with E-state index in [2.05, 4.69) is 23.7 Å². The van der Waals surface area contributed by atoms with Gasteiger partial charge in [0, 0.05) is 11.8 Å². The van der Waals surface area contributed by atoms with E-state index < -0.39 is 0 Å². The summed E-state index contributed by atoms with van der Waals surface area (Å²) in [6.45, 7) is 3.93. The van der Waals surface area contributed by atoms with Crippen LogP contribution in [0.1, 0.15) is 24.5 Å². The maximum absolute atomic E-state index is 8.79. The number of rotatable bonds is 8. The van der Waals surface area contributed by atoms with Gasteiger partial charge in [-0.2, -0.15) is 11.8 Å². The van der Waals surface area contributed by atoms with Crippen molar-refractivity contribution in [3.05, 3.63) is 29.3 Å². The highest BCUT2D eigenvalue weighted by Crippen LogP contribution is 2.19. The molecular weight excluding hydrogens is 274 g/mol. The van der Waals surface area contributed by atoms with Crippen LogP contribution in [0.4, 0.5) is 0 Å². The van der Waals surface area contributed by atoms with Gasteiger partial charge in [-0.1, -0.05) is 18.1 Å². The zero-order chi connectivity index (χ0) is 15.0. The topological polar surface area (TPSA) is 79.9 Å². The molecule has 0 aliphatic heterocycles. The van der Waals surface area contributed by atoms with Crippen molar-refractivity contribution in [1.82, 2.24) is 5.32 Å². The minimum Gasteiger partial charge on any atom is -0.496 e. The second kappa shape index (κ2) is 8.71. The average molecular weight is 297 g/mol. The predicted molar refractivity (Wildman–Crippen MR) is 84.8 cm³/mol. The van der Waals surface area contributed by atoms with Gasteiger partial charge in [-0.15, -0.1) is 0 Å². The number of hydrogen-bond donors (Lipinski definition) is 3. The van der Waals surface area contributed by atoms with Gasteiger partial charge < -0.3 is 21.0 Å². The molecule has 20 heavy (non-hydrogen) atoms. The minimum atomic E-state index is 0.0553. The summed E-state index contributed by atoms with van der Waals surface area (Å²) in [5, 5.41) is 15.9. The molecular formula is C14H23N3O2S. The number of benzene rings is 1. The second-order valence-corrected chi connectivity index (χ2v) is 5.81. The lowest BCUT2D eigenvalue weighted by molar-refractivity contribution is 0.318. The Hall–Kier alpha value is -1.40. The van der Waals surface area contributed by atoms with E-state index in [0.29, 0.717) is 16.6 Å². The van der Waals surface area contributed by atoms with Gasteiger partial charge in [-0.25, -0.2) is 0 Å². The standard InChI is InChI=1S/C14H23N3O2S/c1-10(20-3)6-7-16-9-11-4-5-13(19-2)12(8-11)14(15)17-18/h4-5,8,10,16,18H,6-7,9H2,1-3H3,(H2,15,17). The van der Waals surface area contributed by atoms with E-state index in [1.807, 2.05) is 30.0 Å². The molecule has 0 radical (unpaired) electrons. The van der Waals surface area contributed by atoms with Crippen LogP contribution in [-0.4, -0.2) is 36.2 Å². The Bertz CT molecular complexity index is 452. The third kappa shape index (κ3) is 4.94. The Morgan fingerprint density at radius 3 is 2.90 bits per heavy atom. The van der Waals surface area contributed by atoms with E-state index in [1.165, 1.54) is 0 Å². The first-order chi connectivity index (χ1) is 9.62. The molecule has 0 aliphatic rings. The summed E-state index contributed by atoms with van der Waals surface area (Å²) in [6, 6.07) is 5.67. The van der Waals surface area contributed by atoms with E-state index in [9.17, 15) is 0 Å². The van der Waals surface area contributed by atoms with Gasteiger partial charge in [0.15, 0.2) is 5.84 Å². The Balaban J connectivity index is 2.63. The number of oxime groups is 1. The van der Waals surface area contributed by atoms with Crippen molar-refractivity contribution in [2.45, 2.75) is 25.1 Å². The van der Waals surface area contributed by atoms with E-state index in [-0.39, 0.29) is 5.84 Å². The molecule has 112 valence electrons. The first-order valence-electron chi connectivity index (χ1n) is 6.50. The van der Waals surface area contributed by atoms with Crippen molar-refractivity contribution in [3.8, 4) is 5.75 Å². The van der Waals surface area contributed by atoms with Gasteiger partial charge in [0.1, 0.15) is 5.75 Å². The van der Waals surface area contributed by atoms with Gasteiger partial charge in [-0.3, -0.25) is 0 Å². The molecule has 0 aliphatic carbocycles. The summed E-state index contributed by atoms with van der Waals surface area (Å²) in [4.78, 5) is 0. The zero-order valence-corrected chi connectivity index (χ0v) is 13.0. The first-order valence-corrected chi connectivity index (χ1v) is 7.79.